The summed E-state index contributed by atoms with van der Waals surface area (Å²) in [5.74, 6) is 0.429. The van der Waals surface area contributed by atoms with Gasteiger partial charge in [0.1, 0.15) is 11.6 Å². The molecule has 180 valence electrons. The van der Waals surface area contributed by atoms with Gasteiger partial charge in [-0.1, -0.05) is 29.8 Å². The van der Waals surface area contributed by atoms with Crippen LogP contribution in [0.3, 0.4) is 0 Å². The molecule has 0 aliphatic carbocycles. The number of hydrogen-bond donors (Lipinski definition) is 4. The van der Waals surface area contributed by atoms with Crippen LogP contribution in [-0.2, 0) is 13.0 Å². The van der Waals surface area contributed by atoms with Gasteiger partial charge in [0.05, 0.1) is 6.10 Å². The molecule has 3 aromatic rings. The molecular weight excluding hydrogens is 452 g/mol. The topological polar surface area (TPSA) is 112 Å². The number of nitrogens with zero attached hydrogens (tertiary/aromatic N) is 2. The average molecular weight is 483 g/mol. The highest BCUT2D eigenvalue weighted by Gasteiger charge is 2.17. The normalized spacial score (nSPS) is 12.8. The Morgan fingerprint density at radius 1 is 1.21 bits per heavy atom. The minimum atomic E-state index is -0.689. The number of aliphatic hydroxyl groups excluding tert-OH is 1. The van der Waals surface area contributed by atoms with Crippen molar-refractivity contribution >= 4 is 23.3 Å². The summed E-state index contributed by atoms with van der Waals surface area (Å²) in [6.45, 7) is 5.13. The van der Waals surface area contributed by atoms with Gasteiger partial charge in [0, 0.05) is 48.0 Å². The Labute approximate surface area is 205 Å². The van der Waals surface area contributed by atoms with Crippen LogP contribution in [-0.4, -0.2) is 45.1 Å². The van der Waals surface area contributed by atoms with Gasteiger partial charge in [0.15, 0.2) is 0 Å². The van der Waals surface area contributed by atoms with Crippen LogP contribution in [0.2, 0.25) is 5.02 Å². The molecule has 8 heteroatoms. The Hall–Kier alpha value is -3.13. The number of nitrogens with two attached hydrogens (primary N) is 1. The van der Waals surface area contributed by atoms with Crippen LogP contribution in [0.5, 0.6) is 5.75 Å². The van der Waals surface area contributed by atoms with Crippen LogP contribution < -0.4 is 11.1 Å². The Morgan fingerprint density at radius 2 is 2.00 bits per heavy atom. The molecule has 1 aromatic heterocycles. The maximum atomic E-state index is 13.2. The molecule has 0 bridgehead atoms. The van der Waals surface area contributed by atoms with Gasteiger partial charge < -0.3 is 26.2 Å². The van der Waals surface area contributed by atoms with E-state index in [0.717, 1.165) is 5.56 Å². The third kappa shape index (κ3) is 6.93. The van der Waals surface area contributed by atoms with Crippen molar-refractivity contribution in [1.29, 1.82) is 0 Å². The van der Waals surface area contributed by atoms with Gasteiger partial charge in [-0.15, -0.1) is 0 Å². The zero-order chi connectivity index (χ0) is 24.7. The number of halogens is 1. The van der Waals surface area contributed by atoms with Gasteiger partial charge in [-0.05, 0) is 67.8 Å². The van der Waals surface area contributed by atoms with Crippen LogP contribution in [0.25, 0.3) is 0 Å². The Kier molecular flexibility index (Phi) is 8.87. The van der Waals surface area contributed by atoms with E-state index in [-0.39, 0.29) is 17.7 Å². The molecule has 0 spiro atoms. The second kappa shape index (κ2) is 11.8. The van der Waals surface area contributed by atoms with E-state index in [9.17, 15) is 15.0 Å². The zero-order valence-corrected chi connectivity index (χ0v) is 20.2. The molecule has 0 saturated heterocycles. The molecule has 2 aromatic carbocycles. The van der Waals surface area contributed by atoms with Crippen LogP contribution in [0.15, 0.2) is 60.8 Å². The first-order valence-corrected chi connectivity index (χ1v) is 11.6. The second-order valence-corrected chi connectivity index (χ2v) is 8.75. The van der Waals surface area contributed by atoms with Crippen molar-refractivity contribution in [3.63, 3.8) is 0 Å². The van der Waals surface area contributed by atoms with Crippen molar-refractivity contribution in [3.8, 4) is 5.75 Å². The number of amides is 1. The number of carbonyl (C=O) groups excluding carboxylic acids is 1. The van der Waals surface area contributed by atoms with E-state index in [0.29, 0.717) is 53.6 Å². The largest absolute Gasteiger partial charge is 0.508 e. The number of aromatic hydroxyl groups is 1. The number of nitrogens with one attached hydrogen (secondary N) is 1. The smallest absolute Gasteiger partial charge is 0.254 e. The molecule has 7 nitrogen and oxygen atoms in total. The molecular formula is C26H31ClN4O3. The molecule has 0 unspecified atom stereocenters. The van der Waals surface area contributed by atoms with Crippen molar-refractivity contribution in [1.82, 2.24) is 15.2 Å². The van der Waals surface area contributed by atoms with Gasteiger partial charge in [-0.2, -0.15) is 0 Å². The van der Waals surface area contributed by atoms with Gasteiger partial charge in [-0.25, -0.2) is 4.98 Å². The van der Waals surface area contributed by atoms with E-state index in [1.165, 1.54) is 6.07 Å². The van der Waals surface area contributed by atoms with E-state index >= 15 is 0 Å². The van der Waals surface area contributed by atoms with Crippen LogP contribution in [0, 0.1) is 0 Å². The summed E-state index contributed by atoms with van der Waals surface area (Å²) in [7, 11) is 0. The summed E-state index contributed by atoms with van der Waals surface area (Å²) < 4.78 is 0. The van der Waals surface area contributed by atoms with Gasteiger partial charge >= 0.3 is 0 Å². The predicted octanol–water partition coefficient (Wildman–Crippen LogP) is 3.94. The van der Waals surface area contributed by atoms with Gasteiger partial charge in [0.2, 0.25) is 0 Å². The number of aliphatic hydroxyl groups is 1. The number of hydrogen-bond acceptors (Lipinski definition) is 6. The fourth-order valence-corrected chi connectivity index (χ4v) is 3.88. The lowest BCUT2D eigenvalue weighted by Gasteiger charge is -2.22. The Balaban J connectivity index is 1.60. The van der Waals surface area contributed by atoms with E-state index in [2.05, 4.69) is 10.3 Å². The number of phenols is 1. The second-order valence-electron chi connectivity index (χ2n) is 8.34. The monoisotopic (exact) mass is 482 g/mol. The molecule has 1 heterocycles. The highest BCUT2D eigenvalue weighted by molar-refractivity contribution is 6.31. The third-order valence-electron chi connectivity index (χ3n) is 5.63. The van der Waals surface area contributed by atoms with Crippen molar-refractivity contribution in [2.75, 3.05) is 18.8 Å². The molecule has 5 N–H and O–H groups in total. The Morgan fingerprint density at radius 3 is 2.71 bits per heavy atom. The first-order chi connectivity index (χ1) is 16.3. The minimum absolute atomic E-state index is 0.0788. The molecule has 1 amide bonds. The quantitative estimate of drug-likeness (QED) is 0.348. The Bertz CT molecular complexity index is 1110. The minimum Gasteiger partial charge on any atom is -0.508 e. The first-order valence-electron chi connectivity index (χ1n) is 11.2. The SMILES string of the molecule is CCN(Cc1cc(O)ccc1Cl)C(=O)c1cccc(C[C@@H](C)NC[C@H](O)c2ccc(N)nc2)c1. The highest BCUT2D eigenvalue weighted by atomic mass is 35.5. The molecule has 34 heavy (non-hydrogen) atoms. The molecule has 0 aliphatic heterocycles. The fourth-order valence-electron chi connectivity index (χ4n) is 3.70. The maximum absolute atomic E-state index is 13.2. The summed E-state index contributed by atoms with van der Waals surface area (Å²) in [5.41, 5.74) is 8.60. The fraction of sp³-hybridized carbons (Fsp3) is 0.308. The molecule has 0 saturated carbocycles. The number of phenolic OH excluding ortho intramolecular Hbond substituents is 1. The molecule has 0 radical (unpaired) electrons. The zero-order valence-electron chi connectivity index (χ0n) is 19.4. The van der Waals surface area contributed by atoms with Crippen LogP contribution >= 0.6 is 11.6 Å². The van der Waals surface area contributed by atoms with Gasteiger partial charge in [-0.3, -0.25) is 4.79 Å². The van der Waals surface area contributed by atoms with E-state index in [4.69, 9.17) is 17.3 Å². The number of anilines is 1. The summed E-state index contributed by atoms with van der Waals surface area (Å²) in [6, 6.07) is 15.8. The summed E-state index contributed by atoms with van der Waals surface area (Å²) in [6.07, 6.45) is 1.58. The van der Waals surface area contributed by atoms with Gasteiger partial charge in [0.25, 0.3) is 5.91 Å². The predicted molar refractivity (Wildman–Crippen MR) is 135 cm³/mol. The standard InChI is InChI=1S/C26H31ClN4O3/c1-3-31(16-21-13-22(32)8-9-23(21)27)26(34)19-6-4-5-18(12-19)11-17(2)29-15-24(33)20-7-10-25(28)30-14-20/h4-10,12-14,17,24,29,32-33H,3,11,15-16H2,1-2H3,(H2,28,30)/t17-,24+/m1/s1. The number of aromatic nitrogens is 1. The number of nitrogen functional groups attached to an aromatic ring is 1. The van der Waals surface area contributed by atoms with Crippen molar-refractivity contribution < 1.29 is 15.0 Å². The van der Waals surface area contributed by atoms with E-state index in [1.807, 2.05) is 32.0 Å². The number of benzene rings is 2. The highest BCUT2D eigenvalue weighted by Crippen LogP contribution is 2.23. The number of pyridine rings is 1. The average Bonchev–Trinajstić information content (AvgIpc) is 2.83. The summed E-state index contributed by atoms with van der Waals surface area (Å²) in [5, 5.41) is 24.0. The summed E-state index contributed by atoms with van der Waals surface area (Å²) >= 11 is 6.25. The van der Waals surface area contributed by atoms with Crippen molar-refractivity contribution in [3.05, 3.63) is 88.1 Å². The summed E-state index contributed by atoms with van der Waals surface area (Å²) in [4.78, 5) is 18.9. The third-order valence-corrected chi connectivity index (χ3v) is 6.00. The lowest BCUT2D eigenvalue weighted by molar-refractivity contribution is 0.0752. The van der Waals surface area contributed by atoms with E-state index in [1.54, 1.807) is 41.4 Å². The maximum Gasteiger partial charge on any atom is 0.254 e. The molecule has 2 atom stereocenters. The lowest BCUT2D eigenvalue weighted by Crippen LogP contribution is -2.32. The number of carbonyl (C=O) groups is 1. The van der Waals surface area contributed by atoms with Crippen LogP contribution in [0.4, 0.5) is 5.82 Å². The molecule has 0 aliphatic rings. The van der Waals surface area contributed by atoms with Crippen molar-refractivity contribution in [2.45, 2.75) is 39.0 Å². The number of rotatable bonds is 10. The van der Waals surface area contributed by atoms with E-state index < -0.39 is 6.10 Å². The first kappa shape index (κ1) is 25.5. The lowest BCUT2D eigenvalue weighted by atomic mass is 10.0. The van der Waals surface area contributed by atoms with Crippen LogP contribution in [0.1, 0.15) is 47.0 Å². The molecule has 3 rings (SSSR count). The molecule has 0 fully saturated rings. The van der Waals surface area contributed by atoms with Crippen molar-refractivity contribution in [2.24, 2.45) is 0 Å².